The summed E-state index contributed by atoms with van der Waals surface area (Å²) in [5, 5.41) is 9.20. The Morgan fingerprint density at radius 3 is 2.45 bits per heavy atom. The van der Waals surface area contributed by atoms with E-state index in [9.17, 15) is 9.90 Å². The van der Waals surface area contributed by atoms with E-state index in [4.69, 9.17) is 0 Å². The van der Waals surface area contributed by atoms with Gasteiger partial charge in [-0.05, 0) is 50.0 Å². The van der Waals surface area contributed by atoms with Crippen molar-refractivity contribution in [3.05, 3.63) is 29.8 Å². The Morgan fingerprint density at radius 2 is 1.91 bits per heavy atom. The molecule has 2 rings (SSSR count). The predicted molar refractivity (Wildman–Crippen MR) is 90.5 cm³/mol. The summed E-state index contributed by atoms with van der Waals surface area (Å²) in [5.41, 5.74) is 2.44. The maximum atomic E-state index is 11.2. The maximum absolute atomic E-state index is 11.2. The second-order valence-corrected chi connectivity index (χ2v) is 6.25. The molecule has 1 aromatic rings. The summed E-state index contributed by atoms with van der Waals surface area (Å²) < 4.78 is 0. The summed E-state index contributed by atoms with van der Waals surface area (Å²) in [7, 11) is 0. The Balaban J connectivity index is 2.03. The molecule has 4 heteroatoms. The van der Waals surface area contributed by atoms with Gasteiger partial charge < -0.3 is 14.9 Å². The van der Waals surface area contributed by atoms with Gasteiger partial charge in [0.15, 0.2) is 0 Å². The highest BCUT2D eigenvalue weighted by atomic mass is 16.4. The van der Waals surface area contributed by atoms with Crippen LogP contribution in [0.1, 0.15) is 32.3 Å². The molecule has 1 atom stereocenters. The molecule has 1 aromatic carbocycles. The van der Waals surface area contributed by atoms with Gasteiger partial charge in [-0.3, -0.25) is 4.79 Å². The Morgan fingerprint density at radius 1 is 1.27 bits per heavy atom. The number of hydrogen-bond acceptors (Lipinski definition) is 3. The lowest BCUT2D eigenvalue weighted by atomic mass is 10.1. The second kappa shape index (κ2) is 8.18. The predicted octanol–water partition coefficient (Wildman–Crippen LogP) is 2.87. The summed E-state index contributed by atoms with van der Waals surface area (Å²) in [6, 6.07) is 8.53. The number of aryl methyl sites for hydroxylation is 1. The molecule has 0 radical (unpaired) electrons. The quantitative estimate of drug-likeness (QED) is 0.802. The second-order valence-electron chi connectivity index (χ2n) is 6.25. The van der Waals surface area contributed by atoms with Crippen molar-refractivity contribution >= 4 is 11.7 Å². The van der Waals surface area contributed by atoms with Crippen LogP contribution in [-0.4, -0.2) is 48.7 Å². The van der Waals surface area contributed by atoms with Crippen molar-refractivity contribution in [2.75, 3.05) is 37.6 Å². The molecule has 0 saturated carbocycles. The Hall–Kier alpha value is -1.55. The number of anilines is 1. The highest BCUT2D eigenvalue weighted by molar-refractivity contribution is 5.70. The minimum absolute atomic E-state index is 0.357. The smallest absolute Gasteiger partial charge is 0.308 e. The van der Waals surface area contributed by atoms with Crippen LogP contribution in [-0.2, 0) is 11.2 Å². The van der Waals surface area contributed by atoms with E-state index in [-0.39, 0.29) is 5.92 Å². The Labute approximate surface area is 133 Å². The topological polar surface area (TPSA) is 43.8 Å². The van der Waals surface area contributed by atoms with E-state index < -0.39 is 5.97 Å². The zero-order chi connectivity index (χ0) is 15.9. The highest BCUT2D eigenvalue weighted by Crippen LogP contribution is 2.18. The van der Waals surface area contributed by atoms with Gasteiger partial charge in [0.25, 0.3) is 0 Å². The monoisotopic (exact) mass is 304 g/mol. The van der Waals surface area contributed by atoms with Gasteiger partial charge in [-0.15, -0.1) is 0 Å². The van der Waals surface area contributed by atoms with Crippen LogP contribution in [0.4, 0.5) is 5.69 Å². The first-order chi connectivity index (χ1) is 10.6. The van der Waals surface area contributed by atoms with E-state index in [1.54, 1.807) is 6.92 Å². The number of aliphatic carboxylic acids is 1. The molecule has 0 spiro atoms. The number of carboxylic acids is 1. The molecule has 1 fully saturated rings. The summed E-state index contributed by atoms with van der Waals surface area (Å²) in [6.45, 7) is 8.76. The van der Waals surface area contributed by atoms with Crippen molar-refractivity contribution in [3.8, 4) is 0 Å². The van der Waals surface area contributed by atoms with Crippen LogP contribution < -0.4 is 4.90 Å². The fraction of sp³-hybridized carbons (Fsp3) is 0.611. The number of benzene rings is 1. The van der Waals surface area contributed by atoms with Crippen molar-refractivity contribution < 1.29 is 9.90 Å². The summed E-state index contributed by atoms with van der Waals surface area (Å²) in [4.78, 5) is 15.9. The minimum Gasteiger partial charge on any atom is -0.481 e. The average molecular weight is 304 g/mol. The van der Waals surface area contributed by atoms with Crippen LogP contribution in [0.2, 0.25) is 0 Å². The number of rotatable bonds is 8. The van der Waals surface area contributed by atoms with Gasteiger partial charge in [-0.2, -0.15) is 0 Å². The van der Waals surface area contributed by atoms with E-state index >= 15 is 0 Å². The lowest BCUT2D eigenvalue weighted by Crippen LogP contribution is -2.38. The van der Waals surface area contributed by atoms with Gasteiger partial charge in [0.1, 0.15) is 0 Å². The molecule has 1 unspecified atom stereocenters. The van der Waals surface area contributed by atoms with Crippen LogP contribution in [0.3, 0.4) is 0 Å². The van der Waals surface area contributed by atoms with E-state index in [1.165, 1.54) is 31.5 Å². The molecule has 122 valence electrons. The van der Waals surface area contributed by atoms with Crippen molar-refractivity contribution in [2.24, 2.45) is 5.92 Å². The lowest BCUT2D eigenvalue weighted by molar-refractivity contribution is -0.140. The molecule has 1 saturated heterocycles. The fourth-order valence-electron chi connectivity index (χ4n) is 2.95. The molecule has 1 heterocycles. The zero-order valence-corrected chi connectivity index (χ0v) is 13.8. The lowest BCUT2D eigenvalue weighted by Gasteiger charge is -2.29. The molecule has 1 aliphatic heterocycles. The molecule has 1 aliphatic rings. The Bertz CT molecular complexity index is 466. The average Bonchev–Trinajstić information content (AvgIpc) is 3.04. The normalized spacial score (nSPS) is 16.6. The first kappa shape index (κ1) is 16.8. The first-order valence-corrected chi connectivity index (χ1v) is 8.39. The third-order valence-electron chi connectivity index (χ3n) is 4.51. The Kier molecular flexibility index (Phi) is 6.25. The van der Waals surface area contributed by atoms with E-state index in [0.717, 1.165) is 25.2 Å². The third kappa shape index (κ3) is 4.73. The number of carbonyl (C=O) groups is 1. The largest absolute Gasteiger partial charge is 0.481 e. The van der Waals surface area contributed by atoms with Gasteiger partial charge in [-0.25, -0.2) is 0 Å². The van der Waals surface area contributed by atoms with Crippen molar-refractivity contribution in [2.45, 2.75) is 33.1 Å². The molecular weight excluding hydrogens is 276 g/mol. The zero-order valence-electron chi connectivity index (χ0n) is 13.8. The number of nitrogens with zero attached hydrogens (tertiary/aromatic N) is 2. The van der Waals surface area contributed by atoms with Crippen LogP contribution in [0.5, 0.6) is 0 Å². The van der Waals surface area contributed by atoms with Gasteiger partial charge in [0.2, 0.25) is 0 Å². The van der Waals surface area contributed by atoms with E-state index in [0.29, 0.717) is 6.54 Å². The van der Waals surface area contributed by atoms with Crippen LogP contribution in [0.25, 0.3) is 0 Å². The number of hydrogen-bond donors (Lipinski definition) is 1. The van der Waals surface area contributed by atoms with E-state index in [2.05, 4.69) is 41.0 Å². The van der Waals surface area contributed by atoms with Crippen molar-refractivity contribution in [3.63, 3.8) is 0 Å². The molecule has 4 nitrogen and oxygen atoms in total. The third-order valence-corrected chi connectivity index (χ3v) is 4.51. The van der Waals surface area contributed by atoms with Crippen LogP contribution >= 0.6 is 0 Å². The standard InChI is InChI=1S/C18H28N2O2/c1-3-16-6-8-17(9-7-16)20(14-15(2)18(21)22)13-12-19-10-4-5-11-19/h6-9,15H,3-5,10-14H2,1-2H3,(H,21,22). The van der Waals surface area contributed by atoms with Gasteiger partial charge in [0.05, 0.1) is 5.92 Å². The van der Waals surface area contributed by atoms with Crippen molar-refractivity contribution in [1.29, 1.82) is 0 Å². The molecule has 0 aliphatic carbocycles. The van der Waals surface area contributed by atoms with Gasteiger partial charge >= 0.3 is 5.97 Å². The molecule has 0 amide bonds. The number of carboxylic acid groups (broad SMARTS) is 1. The summed E-state index contributed by atoms with van der Waals surface area (Å²) in [5.74, 6) is -1.08. The molecule has 22 heavy (non-hydrogen) atoms. The van der Waals surface area contributed by atoms with Gasteiger partial charge in [-0.1, -0.05) is 26.0 Å². The van der Waals surface area contributed by atoms with Crippen LogP contribution in [0.15, 0.2) is 24.3 Å². The van der Waals surface area contributed by atoms with E-state index in [1.807, 2.05) is 0 Å². The maximum Gasteiger partial charge on any atom is 0.308 e. The first-order valence-electron chi connectivity index (χ1n) is 8.39. The molecule has 1 N–H and O–H groups in total. The summed E-state index contributed by atoms with van der Waals surface area (Å²) >= 11 is 0. The summed E-state index contributed by atoms with van der Waals surface area (Å²) in [6.07, 6.45) is 3.60. The highest BCUT2D eigenvalue weighted by Gasteiger charge is 2.18. The minimum atomic E-state index is -0.726. The van der Waals surface area contributed by atoms with Crippen LogP contribution in [0, 0.1) is 5.92 Å². The van der Waals surface area contributed by atoms with Gasteiger partial charge in [0, 0.05) is 25.3 Å². The molecule has 0 bridgehead atoms. The SMILES string of the molecule is CCc1ccc(N(CCN2CCCC2)CC(C)C(=O)O)cc1. The fourth-order valence-corrected chi connectivity index (χ4v) is 2.95. The van der Waals surface area contributed by atoms with Crippen molar-refractivity contribution in [1.82, 2.24) is 4.90 Å². The molecule has 0 aromatic heterocycles. The number of likely N-dealkylation sites (tertiary alicyclic amines) is 1. The molecular formula is C18H28N2O2.